The van der Waals surface area contributed by atoms with Crippen molar-refractivity contribution in [1.82, 2.24) is 5.32 Å². The van der Waals surface area contributed by atoms with Crippen LogP contribution >= 0.6 is 0 Å². The standard InChI is InChI=1S/C16H24N2O/c1-3-13-8-10-15(11-9-13)17-12(2)16(19)18-14-6-4-5-7-14/h8-12,14,17H,3-7H2,1-2H3,(H,18,19). The predicted molar refractivity (Wildman–Crippen MR) is 79.3 cm³/mol. The number of hydrogen-bond donors (Lipinski definition) is 2. The summed E-state index contributed by atoms with van der Waals surface area (Å²) in [5.41, 5.74) is 2.32. The summed E-state index contributed by atoms with van der Waals surface area (Å²) in [7, 11) is 0. The van der Waals surface area contributed by atoms with Gasteiger partial charge in [0.25, 0.3) is 0 Å². The lowest BCUT2D eigenvalue weighted by Gasteiger charge is -2.18. The van der Waals surface area contributed by atoms with Gasteiger partial charge in [0, 0.05) is 11.7 Å². The van der Waals surface area contributed by atoms with Crippen molar-refractivity contribution < 1.29 is 4.79 Å². The lowest BCUT2D eigenvalue weighted by Crippen LogP contribution is -2.42. The van der Waals surface area contributed by atoms with E-state index in [9.17, 15) is 4.79 Å². The van der Waals surface area contributed by atoms with Gasteiger partial charge in [0.15, 0.2) is 0 Å². The van der Waals surface area contributed by atoms with Gasteiger partial charge in [0.05, 0.1) is 0 Å². The molecule has 1 aliphatic carbocycles. The van der Waals surface area contributed by atoms with Crippen molar-refractivity contribution in [3.05, 3.63) is 29.8 Å². The Hall–Kier alpha value is -1.51. The molecule has 3 heteroatoms. The SMILES string of the molecule is CCc1ccc(NC(C)C(=O)NC2CCCC2)cc1. The Bertz CT molecular complexity index is 407. The Labute approximate surface area is 115 Å². The van der Waals surface area contributed by atoms with Crippen LogP contribution in [0.15, 0.2) is 24.3 Å². The van der Waals surface area contributed by atoms with E-state index in [1.165, 1.54) is 18.4 Å². The van der Waals surface area contributed by atoms with Gasteiger partial charge < -0.3 is 10.6 Å². The Morgan fingerprint density at radius 3 is 2.47 bits per heavy atom. The second-order valence-corrected chi connectivity index (χ2v) is 5.41. The Balaban J connectivity index is 1.84. The number of anilines is 1. The fraction of sp³-hybridized carbons (Fsp3) is 0.562. The van der Waals surface area contributed by atoms with Gasteiger partial charge in [-0.2, -0.15) is 0 Å². The van der Waals surface area contributed by atoms with Crippen molar-refractivity contribution >= 4 is 11.6 Å². The molecule has 1 aromatic carbocycles. The zero-order chi connectivity index (χ0) is 13.7. The summed E-state index contributed by atoms with van der Waals surface area (Å²) in [4.78, 5) is 12.1. The number of benzene rings is 1. The summed E-state index contributed by atoms with van der Waals surface area (Å²) < 4.78 is 0. The first-order valence-electron chi connectivity index (χ1n) is 7.35. The van der Waals surface area contributed by atoms with Crippen LogP contribution in [0, 0.1) is 0 Å². The maximum Gasteiger partial charge on any atom is 0.242 e. The number of nitrogens with one attached hydrogen (secondary N) is 2. The molecule has 0 aromatic heterocycles. The molecule has 1 aliphatic rings. The molecule has 1 amide bonds. The molecule has 0 saturated heterocycles. The Morgan fingerprint density at radius 2 is 1.89 bits per heavy atom. The van der Waals surface area contributed by atoms with E-state index in [-0.39, 0.29) is 11.9 Å². The zero-order valence-corrected chi connectivity index (χ0v) is 11.9. The van der Waals surface area contributed by atoms with Crippen LogP contribution in [0.1, 0.15) is 45.1 Å². The van der Waals surface area contributed by atoms with Crippen molar-refractivity contribution in [3.63, 3.8) is 0 Å². The molecule has 1 atom stereocenters. The minimum absolute atomic E-state index is 0.103. The number of amides is 1. The molecule has 3 nitrogen and oxygen atoms in total. The van der Waals surface area contributed by atoms with Crippen LogP contribution in [-0.2, 0) is 11.2 Å². The van der Waals surface area contributed by atoms with E-state index in [0.717, 1.165) is 24.9 Å². The summed E-state index contributed by atoms with van der Waals surface area (Å²) in [5, 5.41) is 6.37. The van der Waals surface area contributed by atoms with Crippen molar-refractivity contribution in [1.29, 1.82) is 0 Å². The molecule has 0 heterocycles. The maximum atomic E-state index is 12.1. The summed E-state index contributed by atoms with van der Waals surface area (Å²) in [5.74, 6) is 0.103. The van der Waals surface area contributed by atoms with Gasteiger partial charge in [0.2, 0.25) is 5.91 Å². The second kappa shape index (κ2) is 6.60. The minimum Gasteiger partial charge on any atom is -0.374 e. The molecule has 0 bridgehead atoms. The van der Waals surface area contributed by atoms with E-state index in [2.05, 4.69) is 29.7 Å². The average molecular weight is 260 g/mol. The molecule has 1 unspecified atom stereocenters. The second-order valence-electron chi connectivity index (χ2n) is 5.41. The largest absolute Gasteiger partial charge is 0.374 e. The number of carbonyl (C=O) groups is 1. The van der Waals surface area contributed by atoms with Crippen molar-refractivity contribution in [3.8, 4) is 0 Å². The van der Waals surface area contributed by atoms with E-state index < -0.39 is 0 Å². The molecule has 104 valence electrons. The third-order valence-corrected chi connectivity index (χ3v) is 3.84. The molecule has 1 saturated carbocycles. The topological polar surface area (TPSA) is 41.1 Å². The van der Waals surface area contributed by atoms with Crippen LogP contribution in [0.25, 0.3) is 0 Å². The maximum absolute atomic E-state index is 12.1. The highest BCUT2D eigenvalue weighted by Gasteiger charge is 2.20. The van der Waals surface area contributed by atoms with Crippen molar-refractivity contribution in [2.24, 2.45) is 0 Å². The fourth-order valence-corrected chi connectivity index (χ4v) is 2.55. The zero-order valence-electron chi connectivity index (χ0n) is 11.9. The van der Waals surface area contributed by atoms with Gasteiger partial charge in [-0.25, -0.2) is 0 Å². The smallest absolute Gasteiger partial charge is 0.242 e. The van der Waals surface area contributed by atoms with Gasteiger partial charge in [-0.3, -0.25) is 4.79 Å². The van der Waals surface area contributed by atoms with Gasteiger partial charge in [0.1, 0.15) is 6.04 Å². The first-order chi connectivity index (χ1) is 9.19. The molecule has 1 aromatic rings. The molecule has 2 N–H and O–H groups in total. The monoisotopic (exact) mass is 260 g/mol. The van der Waals surface area contributed by atoms with Crippen LogP contribution in [0.5, 0.6) is 0 Å². The summed E-state index contributed by atoms with van der Waals surface area (Å²) in [6.45, 7) is 4.05. The normalized spacial score (nSPS) is 17.2. The molecule has 0 radical (unpaired) electrons. The number of hydrogen-bond acceptors (Lipinski definition) is 2. The highest BCUT2D eigenvalue weighted by atomic mass is 16.2. The minimum atomic E-state index is -0.187. The quantitative estimate of drug-likeness (QED) is 0.854. The van der Waals surface area contributed by atoms with Crippen LogP contribution < -0.4 is 10.6 Å². The molecule has 2 rings (SSSR count). The first kappa shape index (κ1) is 13.9. The average Bonchev–Trinajstić information content (AvgIpc) is 2.92. The lowest BCUT2D eigenvalue weighted by atomic mass is 10.1. The molecule has 1 fully saturated rings. The molecular formula is C16H24N2O. The number of carbonyl (C=O) groups excluding carboxylic acids is 1. The van der Waals surface area contributed by atoms with Crippen molar-refractivity contribution in [2.45, 2.75) is 58.0 Å². The molecule has 19 heavy (non-hydrogen) atoms. The predicted octanol–water partition coefficient (Wildman–Crippen LogP) is 3.11. The highest BCUT2D eigenvalue weighted by molar-refractivity contribution is 5.84. The Morgan fingerprint density at radius 1 is 1.26 bits per heavy atom. The fourth-order valence-electron chi connectivity index (χ4n) is 2.55. The van der Waals surface area contributed by atoms with E-state index in [0.29, 0.717) is 6.04 Å². The molecule has 0 aliphatic heterocycles. The van der Waals surface area contributed by atoms with Crippen LogP contribution in [0.3, 0.4) is 0 Å². The van der Waals surface area contributed by atoms with Crippen molar-refractivity contribution in [2.75, 3.05) is 5.32 Å². The summed E-state index contributed by atoms with van der Waals surface area (Å²) >= 11 is 0. The van der Waals surface area contributed by atoms with E-state index in [1.807, 2.05) is 19.1 Å². The summed E-state index contributed by atoms with van der Waals surface area (Å²) in [6, 6.07) is 8.48. The van der Waals surface area contributed by atoms with Crippen LogP contribution in [-0.4, -0.2) is 18.0 Å². The highest BCUT2D eigenvalue weighted by Crippen LogP contribution is 2.18. The molecular weight excluding hydrogens is 236 g/mol. The van der Waals surface area contributed by atoms with E-state index in [4.69, 9.17) is 0 Å². The third kappa shape index (κ3) is 3.98. The van der Waals surface area contributed by atoms with E-state index >= 15 is 0 Å². The summed E-state index contributed by atoms with van der Waals surface area (Å²) in [6.07, 6.45) is 5.78. The van der Waals surface area contributed by atoms with Gasteiger partial charge in [-0.1, -0.05) is 31.9 Å². The Kier molecular flexibility index (Phi) is 4.83. The van der Waals surface area contributed by atoms with Gasteiger partial charge in [-0.15, -0.1) is 0 Å². The molecule has 0 spiro atoms. The third-order valence-electron chi connectivity index (χ3n) is 3.84. The first-order valence-corrected chi connectivity index (χ1v) is 7.35. The van der Waals surface area contributed by atoms with Crippen LogP contribution in [0.4, 0.5) is 5.69 Å². The number of rotatable bonds is 5. The van der Waals surface area contributed by atoms with Gasteiger partial charge in [-0.05, 0) is 43.9 Å². The van der Waals surface area contributed by atoms with Crippen LogP contribution in [0.2, 0.25) is 0 Å². The van der Waals surface area contributed by atoms with E-state index in [1.54, 1.807) is 0 Å². The lowest BCUT2D eigenvalue weighted by molar-refractivity contribution is -0.122. The number of aryl methyl sites for hydroxylation is 1. The van der Waals surface area contributed by atoms with Gasteiger partial charge >= 0.3 is 0 Å².